The van der Waals surface area contributed by atoms with Crippen molar-refractivity contribution in [2.45, 2.75) is 26.3 Å². The molecule has 0 spiro atoms. The Morgan fingerprint density at radius 2 is 2.26 bits per heavy atom. The van der Waals surface area contributed by atoms with Crippen molar-refractivity contribution in [3.05, 3.63) is 39.8 Å². The van der Waals surface area contributed by atoms with Gasteiger partial charge in [-0.3, -0.25) is 9.67 Å². The standard InChI is InChI=1S/C15H22ClN5S.HI/c1-2-17-15(18-8-3-11-21-12-4-9-20-21)19-10-7-13-5-6-14(16)22-13;/h4-6,9,12H,2-3,7-8,10-11H2,1H3,(H2,17,18,19);1H. The van der Waals surface area contributed by atoms with Crippen LogP contribution in [0.3, 0.4) is 0 Å². The van der Waals surface area contributed by atoms with Crippen molar-refractivity contribution in [2.24, 2.45) is 4.99 Å². The summed E-state index contributed by atoms with van der Waals surface area (Å²) in [5.41, 5.74) is 0. The van der Waals surface area contributed by atoms with Crippen molar-refractivity contribution in [2.75, 3.05) is 19.6 Å². The lowest BCUT2D eigenvalue weighted by Gasteiger charge is -2.10. The zero-order valence-electron chi connectivity index (χ0n) is 13.2. The van der Waals surface area contributed by atoms with E-state index in [1.165, 1.54) is 4.88 Å². The molecule has 8 heteroatoms. The average Bonchev–Trinajstić information content (AvgIpc) is 3.15. The predicted octanol–water partition coefficient (Wildman–Crippen LogP) is 3.40. The van der Waals surface area contributed by atoms with Gasteiger partial charge in [-0.15, -0.1) is 35.3 Å². The highest BCUT2D eigenvalue weighted by Crippen LogP contribution is 2.21. The number of nitrogens with zero attached hydrogens (tertiary/aromatic N) is 3. The Morgan fingerprint density at radius 3 is 2.91 bits per heavy atom. The molecule has 0 aliphatic rings. The minimum Gasteiger partial charge on any atom is -0.357 e. The maximum atomic E-state index is 5.93. The summed E-state index contributed by atoms with van der Waals surface area (Å²) in [6.45, 7) is 5.45. The lowest BCUT2D eigenvalue weighted by atomic mass is 10.3. The summed E-state index contributed by atoms with van der Waals surface area (Å²) in [6.07, 6.45) is 5.69. The van der Waals surface area contributed by atoms with E-state index >= 15 is 0 Å². The molecule has 0 atom stereocenters. The van der Waals surface area contributed by atoms with Crippen molar-refractivity contribution in [1.82, 2.24) is 20.4 Å². The monoisotopic (exact) mass is 467 g/mol. The molecule has 0 saturated heterocycles. The summed E-state index contributed by atoms with van der Waals surface area (Å²) in [4.78, 5) is 5.86. The number of aryl methyl sites for hydroxylation is 1. The van der Waals surface area contributed by atoms with Gasteiger partial charge in [-0.25, -0.2) is 0 Å². The van der Waals surface area contributed by atoms with Gasteiger partial charge in [-0.2, -0.15) is 5.10 Å². The molecule has 23 heavy (non-hydrogen) atoms. The molecule has 2 aromatic rings. The molecule has 2 rings (SSSR count). The minimum absolute atomic E-state index is 0. The first kappa shape index (κ1) is 20.2. The molecule has 2 heterocycles. The second-order valence-corrected chi connectivity index (χ2v) is 6.57. The number of hydrogen-bond acceptors (Lipinski definition) is 3. The largest absolute Gasteiger partial charge is 0.357 e. The summed E-state index contributed by atoms with van der Waals surface area (Å²) in [5, 5.41) is 10.8. The van der Waals surface area contributed by atoms with Gasteiger partial charge in [0.05, 0.1) is 4.34 Å². The first-order chi connectivity index (χ1) is 10.8. The lowest BCUT2D eigenvalue weighted by molar-refractivity contribution is 0.584. The van der Waals surface area contributed by atoms with Gasteiger partial charge in [-0.05, 0) is 38.0 Å². The molecule has 0 aromatic carbocycles. The average molecular weight is 468 g/mol. The second kappa shape index (κ2) is 11.7. The molecule has 0 saturated carbocycles. The minimum atomic E-state index is 0. The van der Waals surface area contributed by atoms with Gasteiger partial charge >= 0.3 is 0 Å². The van der Waals surface area contributed by atoms with E-state index in [1.807, 2.05) is 23.0 Å². The van der Waals surface area contributed by atoms with Gasteiger partial charge in [0, 0.05) is 43.4 Å². The first-order valence-electron chi connectivity index (χ1n) is 7.51. The van der Waals surface area contributed by atoms with Crippen LogP contribution in [0.1, 0.15) is 18.2 Å². The SMILES string of the molecule is CCNC(=NCCCn1cccn1)NCCc1ccc(Cl)s1.I. The lowest BCUT2D eigenvalue weighted by Crippen LogP contribution is -2.38. The molecule has 5 nitrogen and oxygen atoms in total. The van der Waals surface area contributed by atoms with Crippen LogP contribution in [0, 0.1) is 0 Å². The van der Waals surface area contributed by atoms with Crippen LogP contribution in [0.25, 0.3) is 0 Å². The third-order valence-corrected chi connectivity index (χ3v) is 4.30. The highest BCUT2D eigenvalue weighted by atomic mass is 127. The topological polar surface area (TPSA) is 54.2 Å². The van der Waals surface area contributed by atoms with E-state index in [0.717, 1.165) is 49.3 Å². The van der Waals surface area contributed by atoms with Crippen molar-refractivity contribution in [3.63, 3.8) is 0 Å². The van der Waals surface area contributed by atoms with Crippen molar-refractivity contribution < 1.29 is 0 Å². The Morgan fingerprint density at radius 1 is 1.39 bits per heavy atom. The summed E-state index contributed by atoms with van der Waals surface area (Å²) in [5.74, 6) is 0.866. The predicted molar refractivity (Wildman–Crippen MR) is 109 cm³/mol. The molecule has 2 aromatic heterocycles. The molecule has 128 valence electrons. The van der Waals surface area contributed by atoms with E-state index in [9.17, 15) is 0 Å². The Labute approximate surface area is 163 Å². The number of nitrogens with one attached hydrogen (secondary N) is 2. The summed E-state index contributed by atoms with van der Waals surface area (Å²) in [7, 11) is 0. The zero-order valence-corrected chi connectivity index (χ0v) is 17.1. The number of rotatable bonds is 8. The Balaban J connectivity index is 0.00000264. The summed E-state index contributed by atoms with van der Waals surface area (Å²) < 4.78 is 2.77. The van der Waals surface area contributed by atoms with Crippen LogP contribution in [0.2, 0.25) is 4.34 Å². The molecule has 0 aliphatic carbocycles. The van der Waals surface area contributed by atoms with E-state index in [2.05, 4.69) is 33.7 Å². The normalized spacial score (nSPS) is 11.1. The number of thiophene rings is 1. The Kier molecular flexibility index (Phi) is 10.3. The van der Waals surface area contributed by atoms with E-state index in [4.69, 9.17) is 11.6 Å². The first-order valence-corrected chi connectivity index (χ1v) is 8.71. The molecule has 0 bridgehead atoms. The fourth-order valence-electron chi connectivity index (χ4n) is 1.99. The molecular weight excluding hydrogens is 445 g/mol. The molecule has 0 radical (unpaired) electrons. The van der Waals surface area contributed by atoms with Crippen LogP contribution < -0.4 is 10.6 Å². The van der Waals surface area contributed by atoms with Gasteiger partial charge in [-0.1, -0.05) is 11.6 Å². The van der Waals surface area contributed by atoms with E-state index in [-0.39, 0.29) is 24.0 Å². The number of aliphatic imine (C=N–C) groups is 1. The Hall–Kier alpha value is -0.800. The van der Waals surface area contributed by atoms with Crippen LogP contribution >= 0.6 is 46.9 Å². The third-order valence-electron chi connectivity index (χ3n) is 3.01. The molecule has 0 fully saturated rings. The third kappa shape index (κ3) is 8.03. The van der Waals surface area contributed by atoms with Gasteiger partial charge in [0.1, 0.15) is 0 Å². The van der Waals surface area contributed by atoms with Crippen LogP contribution in [0.15, 0.2) is 35.6 Å². The highest BCUT2D eigenvalue weighted by molar-refractivity contribution is 14.0. The number of aromatic nitrogens is 2. The van der Waals surface area contributed by atoms with E-state index < -0.39 is 0 Å². The second-order valence-electron chi connectivity index (χ2n) is 4.77. The van der Waals surface area contributed by atoms with Crippen molar-refractivity contribution in [1.29, 1.82) is 0 Å². The van der Waals surface area contributed by atoms with E-state index in [0.29, 0.717) is 0 Å². The fourth-order valence-corrected chi connectivity index (χ4v) is 3.08. The van der Waals surface area contributed by atoms with Crippen LogP contribution in [0.4, 0.5) is 0 Å². The summed E-state index contributed by atoms with van der Waals surface area (Å²) in [6, 6.07) is 5.95. The van der Waals surface area contributed by atoms with Crippen molar-refractivity contribution in [3.8, 4) is 0 Å². The number of hydrogen-bond donors (Lipinski definition) is 2. The number of guanidine groups is 1. The maximum absolute atomic E-state index is 5.93. The summed E-state index contributed by atoms with van der Waals surface area (Å²) >= 11 is 7.56. The zero-order chi connectivity index (χ0) is 15.6. The van der Waals surface area contributed by atoms with Crippen LogP contribution in [-0.2, 0) is 13.0 Å². The molecule has 2 N–H and O–H groups in total. The van der Waals surface area contributed by atoms with E-state index in [1.54, 1.807) is 17.5 Å². The van der Waals surface area contributed by atoms with Gasteiger partial charge in [0.25, 0.3) is 0 Å². The molecule has 0 unspecified atom stereocenters. The van der Waals surface area contributed by atoms with Gasteiger partial charge in [0.15, 0.2) is 5.96 Å². The van der Waals surface area contributed by atoms with Gasteiger partial charge in [0.2, 0.25) is 0 Å². The molecular formula is C15H23ClIN5S. The highest BCUT2D eigenvalue weighted by Gasteiger charge is 2.00. The van der Waals surface area contributed by atoms with Crippen LogP contribution in [0.5, 0.6) is 0 Å². The number of halogens is 2. The quantitative estimate of drug-likeness (QED) is 0.271. The van der Waals surface area contributed by atoms with Crippen molar-refractivity contribution >= 4 is 52.9 Å². The van der Waals surface area contributed by atoms with Gasteiger partial charge < -0.3 is 10.6 Å². The fraction of sp³-hybridized carbons (Fsp3) is 0.467. The molecule has 0 amide bonds. The maximum Gasteiger partial charge on any atom is 0.191 e. The smallest absolute Gasteiger partial charge is 0.191 e. The van der Waals surface area contributed by atoms with Crippen LogP contribution in [-0.4, -0.2) is 35.4 Å². The molecule has 0 aliphatic heterocycles. The Bertz CT molecular complexity index is 570.